The average molecular weight is 983 g/mol. The molecule has 2 fully saturated rings. The number of hydrogen-bond acceptors (Lipinski definition) is 18. The zero-order chi connectivity index (χ0) is 51.3. The van der Waals surface area contributed by atoms with Crippen LogP contribution in [-0.2, 0) is 61.8 Å². The zero-order valence-electron chi connectivity index (χ0n) is 42.2. The molecule has 2 N–H and O–H groups in total. The summed E-state index contributed by atoms with van der Waals surface area (Å²) in [6.07, 6.45) is -4.61. The van der Waals surface area contributed by atoms with Gasteiger partial charge < -0.3 is 62.5 Å². The number of carbonyl (C=O) groups is 5. The summed E-state index contributed by atoms with van der Waals surface area (Å²) >= 11 is 0. The van der Waals surface area contributed by atoms with E-state index in [9.17, 15) is 34.2 Å². The Balaban J connectivity index is 1.51. The van der Waals surface area contributed by atoms with Gasteiger partial charge in [-0.2, -0.15) is 0 Å². The number of para-hydroxylation sites is 1. The van der Waals surface area contributed by atoms with Gasteiger partial charge in [-0.3, -0.25) is 14.4 Å². The number of aliphatic hydroxyl groups is 2. The molecule has 0 radical (unpaired) electrons. The fourth-order valence-electron chi connectivity index (χ4n) is 9.54. The molecule has 18 heteroatoms. The van der Waals surface area contributed by atoms with Crippen LogP contribution >= 0.6 is 0 Å². The molecule has 0 spiro atoms. The van der Waals surface area contributed by atoms with E-state index in [1.54, 1.807) is 96.1 Å². The van der Waals surface area contributed by atoms with Gasteiger partial charge in [0.05, 0.1) is 42.4 Å². The van der Waals surface area contributed by atoms with Crippen LogP contribution < -0.4 is 0 Å². The van der Waals surface area contributed by atoms with E-state index in [2.05, 4.69) is 4.98 Å². The Bertz CT molecular complexity index is 2120. The van der Waals surface area contributed by atoms with Crippen LogP contribution in [-0.4, -0.2) is 157 Å². The number of nitrogens with zero attached hydrogens (tertiary/aromatic N) is 2. The molecular weight excluding hydrogens is 909 g/mol. The highest BCUT2D eigenvalue weighted by Crippen LogP contribution is 2.39. The molecule has 2 saturated heterocycles. The van der Waals surface area contributed by atoms with Gasteiger partial charge in [0.25, 0.3) is 0 Å². The Morgan fingerprint density at radius 3 is 2.36 bits per heavy atom. The van der Waals surface area contributed by atoms with Crippen molar-refractivity contribution in [3.05, 3.63) is 66.4 Å². The number of ether oxygens (including phenoxy) is 9. The highest BCUT2D eigenvalue weighted by Gasteiger charge is 2.54. The molecule has 4 heterocycles. The minimum absolute atomic E-state index is 0.0247. The number of aldehydes is 1. The third-order valence-electron chi connectivity index (χ3n) is 13.2. The molecule has 3 aliphatic heterocycles. The molecule has 16 atom stereocenters. The molecule has 2 aromatic rings. The number of fused-ring (bicyclic) bond motifs is 1. The normalized spacial score (nSPS) is 35.6. The van der Waals surface area contributed by atoms with E-state index >= 15 is 0 Å². The summed E-state index contributed by atoms with van der Waals surface area (Å²) in [5.74, 6) is -3.77. The molecule has 70 heavy (non-hydrogen) atoms. The fraction of sp³-hybridized carbons (Fsp3) is 0.654. The van der Waals surface area contributed by atoms with Crippen LogP contribution in [0.15, 0.2) is 60.7 Å². The number of esters is 4. The molecule has 0 amide bonds. The van der Waals surface area contributed by atoms with E-state index in [1.165, 1.54) is 13.2 Å². The Labute approximate surface area is 411 Å². The first-order chi connectivity index (χ1) is 33.3. The number of likely N-dealkylation sites (N-methyl/N-ethyl adjacent to an activating group) is 1. The Morgan fingerprint density at radius 1 is 0.929 bits per heavy atom. The highest BCUT2D eigenvalue weighted by atomic mass is 16.7. The third-order valence-corrected chi connectivity index (χ3v) is 13.2. The molecule has 0 aliphatic carbocycles. The fourth-order valence-corrected chi connectivity index (χ4v) is 9.54. The van der Waals surface area contributed by atoms with Crippen molar-refractivity contribution in [2.24, 2.45) is 11.8 Å². The molecule has 5 rings (SSSR count). The standard InChI is InChI=1S/C52H74N2O16/c1-11-18-41(58)67-49-33(6)64-43(29-52(49,7)70-40(57)12-2)68-46-32(5)65-51(45(60)44(46)54(8)9)69-47-35(25-26-55)27-30(3)38(56)22-15-13-14-19-31(4)63-42(59)28-39(48(47)62-10)66-50(61)37-24-23-34-20-16-17-21-36(34)53-37/h13-17,20-24,26,30-33,35,38-39,43-49,51,56,60H,11-12,18-19,25,27-29H2,1-10H3/b14-13+,22-15+/t30-,31-,32-,33-,35+,38+,39-,43+,44-,45-,46-,47+,48+,49-,51+,52+/m1/s1. The molecule has 3 aliphatic rings. The van der Waals surface area contributed by atoms with E-state index in [0.717, 1.165) is 5.39 Å². The van der Waals surface area contributed by atoms with Crippen molar-refractivity contribution in [1.82, 2.24) is 9.88 Å². The Kier molecular flexibility index (Phi) is 21.0. The van der Waals surface area contributed by atoms with Gasteiger partial charge in [-0.25, -0.2) is 9.78 Å². The second kappa shape index (κ2) is 26.2. The number of carbonyl (C=O) groups excluding carboxylic acids is 5. The average Bonchev–Trinajstić information content (AvgIpc) is 3.30. The number of aromatic nitrogens is 1. The van der Waals surface area contributed by atoms with Crippen molar-refractivity contribution in [1.29, 1.82) is 0 Å². The molecule has 0 bridgehead atoms. The first kappa shape index (κ1) is 56.3. The summed E-state index contributed by atoms with van der Waals surface area (Å²) in [4.78, 5) is 72.3. The topological polar surface area (TPSA) is 225 Å². The Morgan fingerprint density at radius 2 is 1.67 bits per heavy atom. The van der Waals surface area contributed by atoms with Gasteiger partial charge in [0, 0.05) is 44.6 Å². The number of rotatable bonds is 15. The SMILES string of the molecule is CCCC(=O)O[C@@H]1[C@@H](C)O[C@@H](O[C@H]2[C@H](N(C)C)[C@@H](O)[C@H](O[C@H]3[C@@H](CC=O)C[C@@H](C)[C@@H](O)/C=C/C=C/C[C@@H](C)OC(=O)C[C@@H](OC(=O)c4ccc5ccccc5n4)[C@@H]3OC)O[C@@H]2C)C[C@]1(C)OC(=O)CC. The molecule has 0 unspecified atom stereocenters. The van der Waals surface area contributed by atoms with E-state index in [-0.39, 0.29) is 37.8 Å². The van der Waals surface area contributed by atoms with Crippen molar-refractivity contribution in [2.45, 2.75) is 185 Å². The predicted molar refractivity (Wildman–Crippen MR) is 255 cm³/mol. The van der Waals surface area contributed by atoms with Crippen LogP contribution in [0.1, 0.15) is 110 Å². The molecule has 18 nitrogen and oxygen atoms in total. The van der Waals surface area contributed by atoms with Gasteiger partial charge in [0.1, 0.15) is 42.5 Å². The van der Waals surface area contributed by atoms with Crippen molar-refractivity contribution in [3.8, 4) is 0 Å². The van der Waals surface area contributed by atoms with Crippen molar-refractivity contribution >= 4 is 41.1 Å². The lowest BCUT2D eigenvalue weighted by molar-refractivity contribution is -0.344. The number of aliphatic hydroxyl groups excluding tert-OH is 2. The number of pyridine rings is 1. The van der Waals surface area contributed by atoms with E-state index < -0.39 is 127 Å². The lowest BCUT2D eigenvalue weighted by atomic mass is 9.82. The summed E-state index contributed by atoms with van der Waals surface area (Å²) in [5.41, 5.74) is -0.834. The number of methoxy groups -OCH3 is 1. The molecule has 0 saturated carbocycles. The van der Waals surface area contributed by atoms with Gasteiger partial charge in [0.15, 0.2) is 24.3 Å². The van der Waals surface area contributed by atoms with Crippen LogP contribution in [0.25, 0.3) is 10.9 Å². The molecule has 388 valence electrons. The quantitative estimate of drug-likeness (QED) is 0.126. The minimum atomic E-state index is -1.47. The molecule has 1 aromatic carbocycles. The van der Waals surface area contributed by atoms with Crippen molar-refractivity contribution in [2.75, 3.05) is 21.2 Å². The van der Waals surface area contributed by atoms with Crippen molar-refractivity contribution in [3.63, 3.8) is 0 Å². The summed E-state index contributed by atoms with van der Waals surface area (Å²) in [6.45, 7) is 12.2. The molecular formula is C52H74N2O16. The maximum atomic E-state index is 14.1. The summed E-state index contributed by atoms with van der Waals surface area (Å²) in [5, 5.41) is 24.5. The van der Waals surface area contributed by atoms with Gasteiger partial charge >= 0.3 is 23.9 Å². The lowest BCUT2D eigenvalue weighted by Crippen LogP contribution is -2.66. The van der Waals surface area contributed by atoms with E-state index in [1.807, 2.05) is 26.0 Å². The largest absolute Gasteiger partial charge is 0.462 e. The maximum Gasteiger partial charge on any atom is 0.357 e. The van der Waals surface area contributed by atoms with E-state index in [4.69, 9.17) is 42.6 Å². The second-order valence-electron chi connectivity index (χ2n) is 19.1. The summed E-state index contributed by atoms with van der Waals surface area (Å²) in [6, 6.07) is 9.63. The van der Waals surface area contributed by atoms with Crippen LogP contribution in [0.4, 0.5) is 0 Å². The summed E-state index contributed by atoms with van der Waals surface area (Å²) in [7, 11) is 4.84. The second-order valence-corrected chi connectivity index (χ2v) is 19.1. The molecule has 1 aromatic heterocycles. The van der Waals surface area contributed by atoms with Gasteiger partial charge in [-0.05, 0) is 78.6 Å². The minimum Gasteiger partial charge on any atom is -0.462 e. The monoisotopic (exact) mass is 983 g/mol. The van der Waals surface area contributed by atoms with Gasteiger partial charge in [-0.1, -0.05) is 69.3 Å². The van der Waals surface area contributed by atoms with Crippen molar-refractivity contribution < 1.29 is 76.8 Å². The number of allylic oxidation sites excluding steroid dienone is 2. The van der Waals surface area contributed by atoms with Crippen LogP contribution in [0.3, 0.4) is 0 Å². The maximum absolute atomic E-state index is 14.1. The van der Waals surface area contributed by atoms with Crippen LogP contribution in [0, 0.1) is 11.8 Å². The lowest BCUT2D eigenvalue weighted by Gasteiger charge is -2.51. The smallest absolute Gasteiger partial charge is 0.357 e. The summed E-state index contributed by atoms with van der Waals surface area (Å²) < 4.78 is 56.2. The van der Waals surface area contributed by atoms with Crippen LogP contribution in [0.2, 0.25) is 0 Å². The Hall–Kier alpha value is -4.66. The van der Waals surface area contributed by atoms with Crippen LogP contribution in [0.5, 0.6) is 0 Å². The third kappa shape index (κ3) is 14.7. The first-order valence-corrected chi connectivity index (χ1v) is 24.4. The first-order valence-electron chi connectivity index (χ1n) is 24.4. The van der Waals surface area contributed by atoms with Gasteiger partial charge in [-0.15, -0.1) is 0 Å². The number of benzene rings is 1. The zero-order valence-corrected chi connectivity index (χ0v) is 42.2. The predicted octanol–water partition coefficient (Wildman–Crippen LogP) is 5.57. The number of hydrogen-bond donors (Lipinski definition) is 2. The highest BCUT2D eigenvalue weighted by molar-refractivity contribution is 5.91. The van der Waals surface area contributed by atoms with Gasteiger partial charge in [0.2, 0.25) is 0 Å². The number of cyclic esters (lactones) is 1. The van der Waals surface area contributed by atoms with E-state index in [0.29, 0.717) is 24.6 Å².